The molecule has 10 heteroatoms. The number of amides is 2. The molecular weight excluding hydrogens is 458 g/mol. The molecule has 0 radical (unpaired) electrons. The maximum atomic E-state index is 13.3. The summed E-state index contributed by atoms with van der Waals surface area (Å²) in [4.78, 5) is 26.2. The Labute approximate surface area is 199 Å². The number of benzene rings is 2. The third-order valence-corrected chi connectivity index (χ3v) is 7.12. The fraction of sp³-hybridized carbons (Fsp3) is 0.417. The molecule has 4 N–H and O–H groups in total. The number of nitrogens with zero attached hydrogens (tertiary/aromatic N) is 1. The summed E-state index contributed by atoms with van der Waals surface area (Å²) in [6.07, 6.45) is -0.0593. The van der Waals surface area contributed by atoms with Crippen LogP contribution in [0, 0.1) is 0 Å². The molecule has 184 valence electrons. The van der Waals surface area contributed by atoms with Crippen LogP contribution < -0.4 is 10.6 Å². The second-order valence-electron chi connectivity index (χ2n) is 9.04. The summed E-state index contributed by atoms with van der Waals surface area (Å²) in [7, 11) is -3.37. The topological polar surface area (TPSA) is 136 Å². The van der Waals surface area contributed by atoms with Crippen molar-refractivity contribution in [3.63, 3.8) is 0 Å². The molecule has 1 saturated heterocycles. The van der Waals surface area contributed by atoms with Gasteiger partial charge in [-0.3, -0.25) is 10.1 Å². The molecule has 9 nitrogen and oxygen atoms in total. The maximum absolute atomic E-state index is 13.3. The number of hydrogen-bond acceptors (Lipinski definition) is 6. The van der Waals surface area contributed by atoms with E-state index in [0.29, 0.717) is 0 Å². The van der Waals surface area contributed by atoms with Gasteiger partial charge in [-0.1, -0.05) is 50.2 Å². The fourth-order valence-electron chi connectivity index (χ4n) is 4.24. The molecule has 1 heterocycles. The molecule has 1 aliphatic rings. The van der Waals surface area contributed by atoms with Crippen LogP contribution in [-0.2, 0) is 27.6 Å². The fourth-order valence-corrected chi connectivity index (χ4v) is 4.89. The van der Waals surface area contributed by atoms with Gasteiger partial charge in [-0.15, -0.1) is 0 Å². The number of sulfone groups is 1. The van der Waals surface area contributed by atoms with Gasteiger partial charge in [0.1, 0.15) is 11.6 Å². The van der Waals surface area contributed by atoms with E-state index in [0.717, 1.165) is 22.9 Å². The highest BCUT2D eigenvalue weighted by atomic mass is 32.2. The number of aliphatic hydroxyl groups is 1. The zero-order valence-corrected chi connectivity index (χ0v) is 20.3. The Morgan fingerprint density at radius 2 is 1.91 bits per heavy atom. The van der Waals surface area contributed by atoms with Crippen LogP contribution in [0.2, 0.25) is 0 Å². The Morgan fingerprint density at radius 3 is 2.50 bits per heavy atom. The second kappa shape index (κ2) is 10.1. The predicted octanol–water partition coefficient (Wildman–Crippen LogP) is 1.71. The van der Waals surface area contributed by atoms with Crippen molar-refractivity contribution in [2.75, 3.05) is 19.5 Å². The molecule has 2 unspecified atom stereocenters. The standard InChI is InChI=1S/C24H31N3O6S/c1-16(2)20-11-19(34(3,32)33)10-9-18(20)13-27-15-26-21(22(27)28)24(31,14-25-23(29)30)12-17-7-5-4-6-8-17/h4-11,16,21,25-26,31H,12-15H2,1-3H3,(H,29,30). The molecule has 0 spiro atoms. The van der Waals surface area contributed by atoms with Gasteiger partial charge in [-0.05, 0) is 34.7 Å². The van der Waals surface area contributed by atoms with Gasteiger partial charge in [-0.25, -0.2) is 13.2 Å². The van der Waals surface area contributed by atoms with Crippen molar-refractivity contribution in [1.82, 2.24) is 15.5 Å². The van der Waals surface area contributed by atoms with E-state index in [1.54, 1.807) is 29.2 Å². The van der Waals surface area contributed by atoms with E-state index in [-0.39, 0.29) is 42.9 Å². The summed E-state index contributed by atoms with van der Waals surface area (Å²) >= 11 is 0. The van der Waals surface area contributed by atoms with Crippen LogP contribution >= 0.6 is 0 Å². The van der Waals surface area contributed by atoms with E-state index in [2.05, 4.69) is 10.6 Å². The highest BCUT2D eigenvalue weighted by Crippen LogP contribution is 2.27. The Morgan fingerprint density at radius 1 is 1.24 bits per heavy atom. The minimum atomic E-state index is -3.37. The van der Waals surface area contributed by atoms with Gasteiger partial charge < -0.3 is 20.4 Å². The Bertz CT molecular complexity index is 1150. The maximum Gasteiger partial charge on any atom is 0.404 e. The summed E-state index contributed by atoms with van der Waals surface area (Å²) in [5.41, 5.74) is 0.718. The highest BCUT2D eigenvalue weighted by Gasteiger charge is 2.47. The van der Waals surface area contributed by atoms with Gasteiger partial charge in [0.15, 0.2) is 9.84 Å². The molecule has 0 bridgehead atoms. The summed E-state index contributed by atoms with van der Waals surface area (Å²) in [6.45, 7) is 3.98. The summed E-state index contributed by atoms with van der Waals surface area (Å²) in [5, 5.41) is 25.8. The van der Waals surface area contributed by atoms with Crippen molar-refractivity contribution in [1.29, 1.82) is 0 Å². The van der Waals surface area contributed by atoms with E-state index in [1.807, 2.05) is 32.0 Å². The van der Waals surface area contributed by atoms with Gasteiger partial charge in [0.05, 0.1) is 18.1 Å². The third kappa shape index (κ3) is 5.94. The van der Waals surface area contributed by atoms with Crippen LogP contribution in [0.3, 0.4) is 0 Å². The first-order chi connectivity index (χ1) is 15.9. The van der Waals surface area contributed by atoms with Gasteiger partial charge >= 0.3 is 6.09 Å². The molecular formula is C24H31N3O6S. The molecule has 1 fully saturated rings. The minimum Gasteiger partial charge on any atom is -0.465 e. The lowest BCUT2D eigenvalue weighted by Crippen LogP contribution is -2.59. The molecule has 2 aromatic rings. The lowest BCUT2D eigenvalue weighted by atomic mass is 9.86. The minimum absolute atomic E-state index is 0.0351. The third-order valence-electron chi connectivity index (χ3n) is 6.01. The number of carbonyl (C=O) groups is 2. The van der Waals surface area contributed by atoms with Crippen molar-refractivity contribution >= 4 is 21.8 Å². The largest absolute Gasteiger partial charge is 0.465 e. The average molecular weight is 490 g/mol. The molecule has 34 heavy (non-hydrogen) atoms. The van der Waals surface area contributed by atoms with Crippen molar-refractivity contribution < 1.29 is 28.2 Å². The first-order valence-corrected chi connectivity index (χ1v) is 12.9. The summed E-state index contributed by atoms with van der Waals surface area (Å²) < 4.78 is 24.0. The molecule has 2 aromatic carbocycles. The van der Waals surface area contributed by atoms with Crippen LogP contribution in [-0.4, -0.2) is 66.6 Å². The number of hydrogen-bond donors (Lipinski definition) is 4. The van der Waals surface area contributed by atoms with Gasteiger partial charge in [0.2, 0.25) is 5.91 Å². The number of carbonyl (C=O) groups excluding carboxylic acids is 1. The van der Waals surface area contributed by atoms with E-state index in [1.165, 1.54) is 6.07 Å². The summed E-state index contributed by atoms with van der Waals surface area (Å²) in [6, 6.07) is 12.9. The van der Waals surface area contributed by atoms with Crippen molar-refractivity contribution in [3.05, 3.63) is 65.2 Å². The SMILES string of the molecule is CC(C)c1cc(S(C)(=O)=O)ccc1CN1CNC(C(O)(CNC(=O)O)Cc2ccccc2)C1=O. The monoisotopic (exact) mass is 489 g/mol. The highest BCUT2D eigenvalue weighted by molar-refractivity contribution is 7.90. The first-order valence-electron chi connectivity index (χ1n) is 11.0. The van der Waals surface area contributed by atoms with Crippen molar-refractivity contribution in [2.45, 2.75) is 49.3 Å². The second-order valence-corrected chi connectivity index (χ2v) is 11.1. The van der Waals surface area contributed by atoms with Gasteiger partial charge in [0, 0.05) is 19.2 Å². The predicted molar refractivity (Wildman–Crippen MR) is 127 cm³/mol. The Balaban J connectivity index is 1.85. The molecule has 3 rings (SSSR count). The molecule has 2 atom stereocenters. The number of carboxylic acid groups (broad SMARTS) is 1. The normalized spacial score (nSPS) is 18.2. The Hall–Kier alpha value is -2.95. The van der Waals surface area contributed by atoms with Crippen molar-refractivity contribution in [3.8, 4) is 0 Å². The van der Waals surface area contributed by atoms with Gasteiger partial charge in [0.25, 0.3) is 0 Å². The average Bonchev–Trinajstić information content (AvgIpc) is 3.13. The zero-order valence-electron chi connectivity index (χ0n) is 19.5. The van der Waals surface area contributed by atoms with E-state index < -0.39 is 27.6 Å². The number of nitrogens with one attached hydrogen (secondary N) is 2. The van der Waals surface area contributed by atoms with E-state index >= 15 is 0 Å². The molecule has 1 aliphatic heterocycles. The van der Waals surface area contributed by atoms with Crippen molar-refractivity contribution in [2.24, 2.45) is 0 Å². The smallest absolute Gasteiger partial charge is 0.404 e. The first kappa shape index (κ1) is 25.7. The van der Waals surface area contributed by atoms with Crippen LogP contribution in [0.4, 0.5) is 4.79 Å². The van der Waals surface area contributed by atoms with Gasteiger partial charge in [-0.2, -0.15) is 0 Å². The Kier molecular flexibility index (Phi) is 7.64. The molecule has 2 amide bonds. The molecule has 0 aromatic heterocycles. The van der Waals surface area contributed by atoms with E-state index in [4.69, 9.17) is 5.11 Å². The quantitative estimate of drug-likeness (QED) is 0.421. The lowest BCUT2D eigenvalue weighted by Gasteiger charge is -2.33. The number of rotatable bonds is 9. The molecule has 0 aliphatic carbocycles. The van der Waals surface area contributed by atoms with E-state index in [9.17, 15) is 23.1 Å². The van der Waals surface area contributed by atoms with Crippen LogP contribution in [0.25, 0.3) is 0 Å². The van der Waals surface area contributed by atoms with Crippen LogP contribution in [0.5, 0.6) is 0 Å². The van der Waals surface area contributed by atoms with Crippen LogP contribution in [0.15, 0.2) is 53.4 Å². The molecule has 0 saturated carbocycles. The van der Waals surface area contributed by atoms with Crippen LogP contribution in [0.1, 0.15) is 36.5 Å². The lowest BCUT2D eigenvalue weighted by molar-refractivity contribution is -0.134. The summed E-state index contributed by atoms with van der Waals surface area (Å²) in [5.74, 6) is -0.319. The zero-order chi connectivity index (χ0) is 25.1.